The fourth-order valence-electron chi connectivity index (χ4n) is 4.02. The van der Waals surface area contributed by atoms with Gasteiger partial charge in [0.05, 0.1) is 23.8 Å². The van der Waals surface area contributed by atoms with Gasteiger partial charge >= 0.3 is 6.18 Å². The molecule has 0 aliphatic heterocycles. The van der Waals surface area contributed by atoms with Crippen molar-refractivity contribution in [3.8, 4) is 11.5 Å². The highest BCUT2D eigenvalue weighted by Gasteiger charge is 2.34. The molecule has 1 fully saturated rings. The summed E-state index contributed by atoms with van der Waals surface area (Å²) in [6.45, 7) is 0.308. The van der Waals surface area contributed by atoms with E-state index in [1.54, 1.807) is 48.7 Å². The molecule has 0 radical (unpaired) electrons. The first-order valence-electron chi connectivity index (χ1n) is 10.7. The molecule has 174 valence electrons. The van der Waals surface area contributed by atoms with Crippen LogP contribution in [0.2, 0.25) is 5.02 Å². The molecule has 0 amide bonds. The quantitative estimate of drug-likeness (QED) is 0.355. The second-order valence-corrected chi connectivity index (χ2v) is 8.38. The van der Waals surface area contributed by atoms with Crippen molar-refractivity contribution in [1.29, 1.82) is 0 Å². The van der Waals surface area contributed by atoms with Gasteiger partial charge in [-0.25, -0.2) is 0 Å². The number of rotatable bonds is 7. The molecule has 2 aromatic carbocycles. The second kappa shape index (κ2) is 9.91. The maximum atomic E-state index is 13.6. The summed E-state index contributed by atoms with van der Waals surface area (Å²) in [7, 11) is 1.57. The van der Waals surface area contributed by atoms with Gasteiger partial charge in [0.25, 0.3) is 0 Å². The first kappa shape index (κ1) is 23.2. The molecule has 4 nitrogen and oxygen atoms in total. The van der Waals surface area contributed by atoms with Crippen molar-refractivity contribution in [1.82, 2.24) is 4.98 Å². The lowest BCUT2D eigenvalue weighted by Gasteiger charge is -2.27. The third-order valence-corrected chi connectivity index (χ3v) is 6.01. The van der Waals surface area contributed by atoms with Crippen molar-refractivity contribution in [3.63, 3.8) is 0 Å². The smallest absolute Gasteiger partial charge is 0.417 e. The van der Waals surface area contributed by atoms with Crippen molar-refractivity contribution >= 4 is 23.0 Å². The van der Waals surface area contributed by atoms with Crippen LogP contribution >= 0.6 is 11.6 Å². The molecule has 1 aliphatic rings. The SMILES string of the molecule is COc1ccc(N(Cc2cccnc2)c2ccc(Cl)c(C(F)(F)F)c2)cc1OC1CCCC1. The van der Waals surface area contributed by atoms with Gasteiger partial charge in [0.1, 0.15) is 0 Å². The maximum Gasteiger partial charge on any atom is 0.417 e. The highest BCUT2D eigenvalue weighted by molar-refractivity contribution is 6.31. The molecule has 1 heterocycles. The highest BCUT2D eigenvalue weighted by atomic mass is 35.5. The topological polar surface area (TPSA) is 34.6 Å². The van der Waals surface area contributed by atoms with Crippen LogP contribution in [-0.2, 0) is 12.7 Å². The second-order valence-electron chi connectivity index (χ2n) is 7.97. The Bertz CT molecular complexity index is 1090. The number of hydrogen-bond donors (Lipinski definition) is 0. The van der Waals surface area contributed by atoms with Gasteiger partial charge < -0.3 is 14.4 Å². The Balaban J connectivity index is 1.77. The van der Waals surface area contributed by atoms with Crippen LogP contribution in [0, 0.1) is 0 Å². The summed E-state index contributed by atoms with van der Waals surface area (Å²) in [6, 6.07) is 13.0. The Morgan fingerprint density at radius 1 is 1.03 bits per heavy atom. The number of pyridine rings is 1. The minimum Gasteiger partial charge on any atom is -0.493 e. The average molecular weight is 477 g/mol. The van der Waals surface area contributed by atoms with Crippen LogP contribution < -0.4 is 14.4 Å². The molecule has 0 atom stereocenters. The standard InChI is InChI=1S/C25H24ClF3N2O2/c1-32-23-11-9-19(14-24(23)33-20-6-2-3-7-20)31(16-17-5-4-12-30-15-17)18-8-10-22(26)21(13-18)25(27,28)29/h4-5,8-15,20H,2-3,6-7,16H2,1H3. The van der Waals surface area contributed by atoms with E-state index in [-0.39, 0.29) is 11.1 Å². The number of hydrogen-bond acceptors (Lipinski definition) is 4. The summed E-state index contributed by atoms with van der Waals surface area (Å²) in [6.07, 6.45) is 3.05. The fourth-order valence-corrected chi connectivity index (χ4v) is 4.24. The van der Waals surface area contributed by atoms with E-state index in [1.165, 1.54) is 6.07 Å². The lowest BCUT2D eigenvalue weighted by molar-refractivity contribution is -0.137. The van der Waals surface area contributed by atoms with E-state index in [1.807, 2.05) is 12.1 Å². The van der Waals surface area contributed by atoms with Crippen LogP contribution in [0.15, 0.2) is 60.9 Å². The van der Waals surface area contributed by atoms with E-state index in [9.17, 15) is 13.2 Å². The van der Waals surface area contributed by atoms with Crippen LogP contribution in [-0.4, -0.2) is 18.2 Å². The number of methoxy groups -OCH3 is 1. The Morgan fingerprint density at radius 2 is 1.76 bits per heavy atom. The molecule has 33 heavy (non-hydrogen) atoms. The third-order valence-electron chi connectivity index (χ3n) is 5.69. The third kappa shape index (κ3) is 5.53. The van der Waals surface area contributed by atoms with Crippen molar-refractivity contribution in [2.45, 2.75) is 44.5 Å². The van der Waals surface area contributed by atoms with Crippen molar-refractivity contribution in [3.05, 3.63) is 77.1 Å². The molecule has 0 N–H and O–H groups in total. The Kier molecular flexibility index (Phi) is 6.98. The number of halogens is 4. The molecule has 0 spiro atoms. The summed E-state index contributed by atoms with van der Waals surface area (Å²) >= 11 is 5.87. The minimum atomic E-state index is -4.57. The number of aromatic nitrogens is 1. The predicted molar refractivity (Wildman–Crippen MR) is 122 cm³/mol. The lowest BCUT2D eigenvalue weighted by atomic mass is 10.1. The van der Waals surface area contributed by atoms with Crippen LogP contribution in [0.5, 0.6) is 11.5 Å². The summed E-state index contributed by atoms with van der Waals surface area (Å²) in [4.78, 5) is 5.92. The van der Waals surface area contributed by atoms with E-state index >= 15 is 0 Å². The first-order valence-corrected chi connectivity index (χ1v) is 11.1. The van der Waals surface area contributed by atoms with Crippen molar-refractivity contribution in [2.75, 3.05) is 12.0 Å². The summed E-state index contributed by atoms with van der Waals surface area (Å²) in [5.74, 6) is 1.15. The van der Waals surface area contributed by atoms with Gasteiger partial charge in [-0.05, 0) is 67.6 Å². The van der Waals surface area contributed by atoms with E-state index in [4.69, 9.17) is 21.1 Å². The lowest BCUT2D eigenvalue weighted by Crippen LogP contribution is -2.18. The summed E-state index contributed by atoms with van der Waals surface area (Å²) in [5, 5.41) is -0.340. The Morgan fingerprint density at radius 3 is 2.42 bits per heavy atom. The van der Waals surface area contributed by atoms with Gasteiger partial charge in [-0.3, -0.25) is 4.98 Å². The molecule has 0 unspecified atom stereocenters. The highest BCUT2D eigenvalue weighted by Crippen LogP contribution is 2.41. The summed E-state index contributed by atoms with van der Waals surface area (Å²) in [5.41, 5.74) is 0.986. The number of benzene rings is 2. The summed E-state index contributed by atoms with van der Waals surface area (Å²) < 4.78 is 52.4. The van der Waals surface area contributed by atoms with Crippen LogP contribution in [0.4, 0.5) is 24.5 Å². The molecule has 0 saturated heterocycles. The van der Waals surface area contributed by atoms with Gasteiger partial charge in [0, 0.05) is 36.4 Å². The van der Waals surface area contributed by atoms with E-state index < -0.39 is 11.7 Å². The number of anilines is 2. The molecule has 4 rings (SSSR count). The first-order chi connectivity index (χ1) is 15.8. The van der Waals surface area contributed by atoms with Crippen molar-refractivity contribution in [2.24, 2.45) is 0 Å². The molecule has 1 aromatic heterocycles. The Labute approximate surface area is 195 Å². The molecule has 8 heteroatoms. The number of ether oxygens (including phenoxy) is 2. The van der Waals surface area contributed by atoms with Crippen LogP contribution in [0.1, 0.15) is 36.8 Å². The van der Waals surface area contributed by atoms with E-state index in [0.29, 0.717) is 29.4 Å². The Hall–Kier alpha value is -2.93. The molecule has 0 bridgehead atoms. The molecule has 3 aromatic rings. The van der Waals surface area contributed by atoms with E-state index in [0.717, 1.165) is 37.3 Å². The molecule has 1 aliphatic carbocycles. The average Bonchev–Trinajstić information content (AvgIpc) is 3.31. The van der Waals surface area contributed by atoms with Crippen LogP contribution in [0.3, 0.4) is 0 Å². The van der Waals surface area contributed by atoms with Gasteiger partial charge in [0.15, 0.2) is 11.5 Å². The van der Waals surface area contributed by atoms with Gasteiger partial charge in [-0.1, -0.05) is 17.7 Å². The largest absolute Gasteiger partial charge is 0.493 e. The zero-order chi connectivity index (χ0) is 23.4. The van der Waals surface area contributed by atoms with Gasteiger partial charge in [0.2, 0.25) is 0 Å². The number of nitrogens with zero attached hydrogens (tertiary/aromatic N) is 2. The normalized spacial score (nSPS) is 14.3. The zero-order valence-electron chi connectivity index (χ0n) is 18.1. The van der Waals surface area contributed by atoms with Gasteiger partial charge in [-0.15, -0.1) is 0 Å². The van der Waals surface area contributed by atoms with Crippen molar-refractivity contribution < 1.29 is 22.6 Å². The zero-order valence-corrected chi connectivity index (χ0v) is 18.9. The molecule has 1 saturated carbocycles. The minimum absolute atomic E-state index is 0.105. The van der Waals surface area contributed by atoms with Gasteiger partial charge in [-0.2, -0.15) is 13.2 Å². The molecular weight excluding hydrogens is 453 g/mol. The van der Waals surface area contributed by atoms with Crippen LogP contribution in [0.25, 0.3) is 0 Å². The molecular formula is C25H24ClF3N2O2. The monoisotopic (exact) mass is 476 g/mol. The predicted octanol–water partition coefficient (Wildman–Crippen LogP) is 7.42. The maximum absolute atomic E-state index is 13.6. The van der Waals surface area contributed by atoms with E-state index in [2.05, 4.69) is 4.98 Å². The fraction of sp³-hybridized carbons (Fsp3) is 0.320. The number of alkyl halides is 3.